The summed E-state index contributed by atoms with van der Waals surface area (Å²) in [5.41, 5.74) is 2.30. The molecule has 0 radical (unpaired) electrons. The lowest BCUT2D eigenvalue weighted by molar-refractivity contribution is 0.195. The minimum absolute atomic E-state index is 0.571. The minimum atomic E-state index is 0.571. The van der Waals surface area contributed by atoms with Gasteiger partial charge in [-0.25, -0.2) is 0 Å². The summed E-state index contributed by atoms with van der Waals surface area (Å²) >= 11 is 3.61. The van der Waals surface area contributed by atoms with Gasteiger partial charge in [-0.1, -0.05) is 13.8 Å². The van der Waals surface area contributed by atoms with Crippen molar-refractivity contribution in [3.8, 4) is 0 Å². The number of aromatic nitrogens is 2. The zero-order valence-corrected chi connectivity index (χ0v) is 12.7. The Hall–Kier alpha value is -0.350. The van der Waals surface area contributed by atoms with E-state index in [-0.39, 0.29) is 0 Å². The largest absolute Gasteiger partial charge is 0.298 e. The Morgan fingerprint density at radius 3 is 2.31 bits per heavy atom. The second-order valence-corrected chi connectivity index (χ2v) is 5.66. The fourth-order valence-electron chi connectivity index (χ4n) is 1.74. The van der Waals surface area contributed by atoms with Crippen LogP contribution in [0, 0.1) is 12.8 Å². The Balaban J connectivity index is 2.80. The van der Waals surface area contributed by atoms with Crippen LogP contribution in [0.15, 0.2) is 4.47 Å². The maximum absolute atomic E-state index is 4.41. The van der Waals surface area contributed by atoms with Gasteiger partial charge in [0.15, 0.2) is 0 Å². The third-order valence-electron chi connectivity index (χ3n) is 3.32. The molecule has 1 aromatic rings. The van der Waals surface area contributed by atoms with Crippen molar-refractivity contribution in [1.82, 2.24) is 14.7 Å². The predicted molar refractivity (Wildman–Crippen MR) is 71.4 cm³/mol. The SMILES string of the molecule is Cc1nn(C)c(CN(C)C(C)C(C)C)c1Br. The van der Waals surface area contributed by atoms with Crippen molar-refractivity contribution < 1.29 is 0 Å². The predicted octanol–water partition coefficient (Wildman–Crippen LogP) is 2.97. The highest BCUT2D eigenvalue weighted by molar-refractivity contribution is 9.10. The van der Waals surface area contributed by atoms with Crippen LogP contribution in [0.2, 0.25) is 0 Å². The second kappa shape index (κ2) is 5.32. The average Bonchev–Trinajstić information content (AvgIpc) is 2.43. The van der Waals surface area contributed by atoms with Crippen LogP contribution < -0.4 is 0 Å². The Bertz CT molecular complexity index is 357. The van der Waals surface area contributed by atoms with Gasteiger partial charge in [0.25, 0.3) is 0 Å². The lowest BCUT2D eigenvalue weighted by Gasteiger charge is -2.27. The Labute approximate surface area is 107 Å². The van der Waals surface area contributed by atoms with Gasteiger partial charge in [-0.3, -0.25) is 9.58 Å². The maximum atomic E-state index is 4.41. The van der Waals surface area contributed by atoms with Gasteiger partial charge in [-0.2, -0.15) is 5.10 Å². The highest BCUT2D eigenvalue weighted by Crippen LogP contribution is 2.22. The second-order valence-electron chi connectivity index (χ2n) is 4.87. The van der Waals surface area contributed by atoms with E-state index in [0.29, 0.717) is 12.0 Å². The van der Waals surface area contributed by atoms with Gasteiger partial charge in [0.05, 0.1) is 15.9 Å². The summed E-state index contributed by atoms with van der Waals surface area (Å²) in [4.78, 5) is 2.37. The molecule has 0 aliphatic rings. The summed E-state index contributed by atoms with van der Waals surface area (Å²) in [5.74, 6) is 0.665. The Morgan fingerprint density at radius 1 is 1.38 bits per heavy atom. The quantitative estimate of drug-likeness (QED) is 0.849. The minimum Gasteiger partial charge on any atom is -0.298 e. The number of hydrogen-bond donors (Lipinski definition) is 0. The van der Waals surface area contributed by atoms with E-state index in [1.165, 1.54) is 5.69 Å². The van der Waals surface area contributed by atoms with Crippen molar-refractivity contribution in [1.29, 1.82) is 0 Å². The lowest BCUT2D eigenvalue weighted by Crippen LogP contribution is -2.33. The number of hydrogen-bond acceptors (Lipinski definition) is 2. The highest BCUT2D eigenvalue weighted by atomic mass is 79.9. The van der Waals surface area contributed by atoms with Crippen LogP contribution in [0.4, 0.5) is 0 Å². The third-order valence-corrected chi connectivity index (χ3v) is 4.35. The summed E-state index contributed by atoms with van der Waals surface area (Å²) in [6.07, 6.45) is 0. The zero-order valence-electron chi connectivity index (χ0n) is 11.1. The molecule has 0 amide bonds. The number of nitrogens with zero attached hydrogens (tertiary/aromatic N) is 3. The van der Waals surface area contributed by atoms with Gasteiger partial charge < -0.3 is 0 Å². The molecule has 3 nitrogen and oxygen atoms in total. The maximum Gasteiger partial charge on any atom is 0.0739 e. The Kier molecular flexibility index (Phi) is 4.56. The van der Waals surface area contributed by atoms with E-state index in [1.54, 1.807) is 0 Å². The van der Waals surface area contributed by atoms with Gasteiger partial charge in [-0.05, 0) is 42.7 Å². The van der Waals surface area contributed by atoms with Crippen LogP contribution >= 0.6 is 15.9 Å². The molecular weight excluding hydrogens is 266 g/mol. The van der Waals surface area contributed by atoms with Gasteiger partial charge in [0.1, 0.15) is 0 Å². The van der Waals surface area contributed by atoms with E-state index in [0.717, 1.165) is 16.7 Å². The summed E-state index contributed by atoms with van der Waals surface area (Å²) in [6, 6.07) is 0.571. The van der Waals surface area contributed by atoms with E-state index in [1.807, 2.05) is 18.7 Å². The van der Waals surface area contributed by atoms with E-state index >= 15 is 0 Å². The van der Waals surface area contributed by atoms with Crippen LogP contribution in [-0.2, 0) is 13.6 Å². The molecule has 1 heterocycles. The first-order valence-electron chi connectivity index (χ1n) is 5.72. The first-order chi connectivity index (χ1) is 7.34. The molecule has 1 unspecified atom stereocenters. The molecule has 1 atom stereocenters. The molecule has 92 valence electrons. The molecular formula is C12H22BrN3. The fraction of sp³-hybridized carbons (Fsp3) is 0.750. The highest BCUT2D eigenvalue weighted by Gasteiger charge is 2.17. The molecule has 0 saturated carbocycles. The van der Waals surface area contributed by atoms with Crippen LogP contribution in [0.1, 0.15) is 32.2 Å². The molecule has 0 aliphatic carbocycles. The molecule has 0 bridgehead atoms. The van der Waals surface area contributed by atoms with Gasteiger partial charge in [0, 0.05) is 19.6 Å². The Morgan fingerprint density at radius 2 is 1.94 bits per heavy atom. The van der Waals surface area contributed by atoms with Gasteiger partial charge in [-0.15, -0.1) is 0 Å². The van der Waals surface area contributed by atoms with E-state index in [2.05, 4.69) is 53.7 Å². The number of aryl methyl sites for hydroxylation is 2. The lowest BCUT2D eigenvalue weighted by atomic mass is 10.1. The molecule has 0 N–H and O–H groups in total. The van der Waals surface area contributed by atoms with Crippen molar-refractivity contribution in [3.63, 3.8) is 0 Å². The van der Waals surface area contributed by atoms with Crippen LogP contribution in [0.5, 0.6) is 0 Å². The fourth-order valence-corrected chi connectivity index (χ4v) is 2.20. The van der Waals surface area contributed by atoms with Crippen molar-refractivity contribution in [2.45, 2.75) is 40.3 Å². The summed E-state index contributed by atoms with van der Waals surface area (Å²) in [6.45, 7) is 9.73. The molecule has 0 spiro atoms. The summed E-state index contributed by atoms with van der Waals surface area (Å²) < 4.78 is 3.10. The monoisotopic (exact) mass is 287 g/mol. The van der Waals surface area contributed by atoms with Crippen molar-refractivity contribution in [3.05, 3.63) is 15.9 Å². The van der Waals surface area contributed by atoms with Gasteiger partial charge >= 0.3 is 0 Å². The average molecular weight is 288 g/mol. The molecule has 0 aromatic carbocycles. The summed E-state index contributed by atoms with van der Waals surface area (Å²) in [7, 11) is 4.17. The first-order valence-corrected chi connectivity index (χ1v) is 6.52. The van der Waals surface area contributed by atoms with Crippen LogP contribution in [0.3, 0.4) is 0 Å². The van der Waals surface area contributed by atoms with Crippen LogP contribution in [-0.4, -0.2) is 27.8 Å². The molecule has 4 heteroatoms. The molecule has 0 saturated heterocycles. The number of halogens is 1. The normalized spacial score (nSPS) is 13.8. The standard InChI is InChI=1S/C12H22BrN3/c1-8(2)10(4)15(5)7-11-12(13)9(3)14-16(11)6/h8,10H,7H2,1-6H3. The van der Waals surface area contributed by atoms with E-state index < -0.39 is 0 Å². The van der Waals surface area contributed by atoms with E-state index in [9.17, 15) is 0 Å². The topological polar surface area (TPSA) is 21.1 Å². The summed E-state index contributed by atoms with van der Waals surface area (Å²) in [5, 5.41) is 4.41. The number of rotatable bonds is 4. The van der Waals surface area contributed by atoms with Gasteiger partial charge in [0.2, 0.25) is 0 Å². The molecule has 1 aromatic heterocycles. The van der Waals surface area contributed by atoms with Crippen molar-refractivity contribution in [2.75, 3.05) is 7.05 Å². The van der Waals surface area contributed by atoms with E-state index in [4.69, 9.17) is 0 Å². The molecule has 1 rings (SSSR count). The van der Waals surface area contributed by atoms with Crippen molar-refractivity contribution in [2.24, 2.45) is 13.0 Å². The molecule has 16 heavy (non-hydrogen) atoms. The van der Waals surface area contributed by atoms with Crippen LogP contribution in [0.25, 0.3) is 0 Å². The zero-order chi connectivity index (χ0) is 12.5. The molecule has 0 aliphatic heterocycles. The third kappa shape index (κ3) is 2.86. The molecule has 0 fully saturated rings. The van der Waals surface area contributed by atoms with Crippen molar-refractivity contribution >= 4 is 15.9 Å². The first kappa shape index (κ1) is 13.7. The smallest absolute Gasteiger partial charge is 0.0739 e.